The zero-order valence-corrected chi connectivity index (χ0v) is 21.8. The number of nitrogens with one attached hydrogen (secondary N) is 1. The van der Waals surface area contributed by atoms with Gasteiger partial charge >= 0.3 is 0 Å². The van der Waals surface area contributed by atoms with E-state index in [9.17, 15) is 5.11 Å². The SMILES string of the molecule is COC1(OOC2CCC(c3ccc(OCCNCC(C)(C)O)cc3)CC2)C2CC3CC(C2)CC1C3. The van der Waals surface area contributed by atoms with E-state index in [1.165, 1.54) is 37.7 Å². The van der Waals surface area contributed by atoms with Crippen molar-refractivity contribution in [3.8, 4) is 5.75 Å². The Morgan fingerprint density at radius 3 is 2.14 bits per heavy atom. The molecule has 5 aliphatic carbocycles. The minimum atomic E-state index is -0.696. The molecule has 0 amide bonds. The normalized spacial score (nSPS) is 36.5. The largest absolute Gasteiger partial charge is 0.492 e. The summed E-state index contributed by atoms with van der Waals surface area (Å²) < 4.78 is 11.9. The third-order valence-electron chi connectivity index (χ3n) is 9.04. The van der Waals surface area contributed by atoms with E-state index in [1.54, 1.807) is 13.8 Å². The van der Waals surface area contributed by atoms with E-state index in [0.29, 0.717) is 37.5 Å². The number of ether oxygens (including phenoxy) is 2. The zero-order chi connectivity index (χ0) is 24.5. The molecule has 6 heteroatoms. The highest BCUT2D eigenvalue weighted by atomic mass is 17.2. The van der Waals surface area contributed by atoms with Crippen LogP contribution >= 0.6 is 0 Å². The molecule has 0 atom stereocenters. The van der Waals surface area contributed by atoms with Crippen molar-refractivity contribution in [3.63, 3.8) is 0 Å². The fraction of sp³-hybridized carbons (Fsp3) is 0.793. The van der Waals surface area contributed by atoms with Crippen molar-refractivity contribution in [1.29, 1.82) is 0 Å². The van der Waals surface area contributed by atoms with Gasteiger partial charge in [0.2, 0.25) is 5.79 Å². The second-order valence-electron chi connectivity index (χ2n) is 12.3. The van der Waals surface area contributed by atoms with Crippen molar-refractivity contribution in [2.24, 2.45) is 23.7 Å². The predicted octanol–water partition coefficient (Wildman–Crippen LogP) is 5.20. The molecular formula is C29H45NO5. The molecule has 5 saturated carbocycles. The molecule has 6 nitrogen and oxygen atoms in total. The Kier molecular flexibility index (Phi) is 7.76. The van der Waals surface area contributed by atoms with Gasteiger partial charge in [0.1, 0.15) is 12.4 Å². The summed E-state index contributed by atoms with van der Waals surface area (Å²) in [5.74, 6) is 3.71. The molecule has 5 aliphatic rings. The molecular weight excluding hydrogens is 442 g/mol. The van der Waals surface area contributed by atoms with Crippen molar-refractivity contribution in [1.82, 2.24) is 5.32 Å². The van der Waals surface area contributed by atoms with Gasteiger partial charge in [0.05, 0.1) is 11.7 Å². The maximum atomic E-state index is 9.74. The lowest BCUT2D eigenvalue weighted by molar-refractivity contribution is -0.485. The molecule has 0 heterocycles. The second-order valence-corrected chi connectivity index (χ2v) is 12.3. The Bertz CT molecular complexity index is 783. The van der Waals surface area contributed by atoms with Crippen LogP contribution in [0.5, 0.6) is 5.75 Å². The summed E-state index contributed by atoms with van der Waals surface area (Å²) in [5.41, 5.74) is 0.685. The average molecular weight is 488 g/mol. The first-order valence-corrected chi connectivity index (χ1v) is 13.9. The van der Waals surface area contributed by atoms with Crippen LogP contribution in [-0.4, -0.2) is 49.4 Å². The first-order valence-electron chi connectivity index (χ1n) is 13.9. The average Bonchev–Trinajstić information content (AvgIpc) is 2.84. The van der Waals surface area contributed by atoms with E-state index >= 15 is 0 Å². The predicted molar refractivity (Wildman–Crippen MR) is 135 cm³/mol. The first-order chi connectivity index (χ1) is 16.8. The molecule has 0 aromatic heterocycles. The van der Waals surface area contributed by atoms with Crippen LogP contribution in [-0.2, 0) is 14.5 Å². The van der Waals surface area contributed by atoms with E-state index < -0.39 is 11.4 Å². The van der Waals surface area contributed by atoms with Gasteiger partial charge in [0.15, 0.2) is 0 Å². The molecule has 0 aliphatic heterocycles. The van der Waals surface area contributed by atoms with Crippen LogP contribution in [0.4, 0.5) is 0 Å². The van der Waals surface area contributed by atoms with Gasteiger partial charge in [-0.15, -0.1) is 0 Å². The fourth-order valence-electron chi connectivity index (χ4n) is 7.45. The van der Waals surface area contributed by atoms with Crippen molar-refractivity contribution < 1.29 is 24.4 Å². The minimum absolute atomic E-state index is 0.162. The molecule has 2 N–H and O–H groups in total. The molecule has 0 spiro atoms. The number of hydrogen-bond donors (Lipinski definition) is 2. The monoisotopic (exact) mass is 487 g/mol. The number of benzene rings is 1. The summed E-state index contributed by atoms with van der Waals surface area (Å²) in [6, 6.07) is 8.56. The van der Waals surface area contributed by atoms with E-state index in [4.69, 9.17) is 19.2 Å². The summed E-state index contributed by atoms with van der Waals surface area (Å²) in [6.07, 6.45) is 10.8. The van der Waals surface area contributed by atoms with Gasteiger partial charge in [-0.2, -0.15) is 0 Å². The van der Waals surface area contributed by atoms with Crippen molar-refractivity contribution >= 4 is 0 Å². The van der Waals surface area contributed by atoms with Gasteiger partial charge in [0, 0.05) is 32.0 Å². The third-order valence-corrected chi connectivity index (χ3v) is 9.04. The number of hydrogen-bond acceptors (Lipinski definition) is 6. The lowest BCUT2D eigenvalue weighted by atomic mass is 9.53. The van der Waals surface area contributed by atoms with E-state index in [1.807, 2.05) is 7.11 Å². The molecule has 6 rings (SSSR count). The highest BCUT2D eigenvalue weighted by Crippen LogP contribution is 2.60. The van der Waals surface area contributed by atoms with Crippen LogP contribution < -0.4 is 10.1 Å². The minimum Gasteiger partial charge on any atom is -0.492 e. The van der Waals surface area contributed by atoms with Crippen LogP contribution in [0.3, 0.4) is 0 Å². The highest BCUT2D eigenvalue weighted by Gasteiger charge is 2.60. The first kappa shape index (κ1) is 25.5. The molecule has 1 aromatic rings. The van der Waals surface area contributed by atoms with Crippen LogP contribution in [0, 0.1) is 23.7 Å². The van der Waals surface area contributed by atoms with Crippen molar-refractivity contribution in [3.05, 3.63) is 29.8 Å². The number of rotatable bonds is 11. The number of methoxy groups -OCH3 is 1. The molecule has 5 fully saturated rings. The molecule has 1 aromatic carbocycles. The standard InChI is InChI=1S/C29H45NO5/c1-28(2,31)19-30-12-13-33-26-8-4-22(5-9-26)23-6-10-27(11-7-23)34-35-29(32-3)24-15-20-14-21(17-24)18-25(29)16-20/h4-5,8-9,20-21,23-25,27,30-31H,6-7,10-19H2,1-3H3. The Hall–Kier alpha value is -1.18. The third kappa shape index (κ3) is 5.88. The molecule has 0 radical (unpaired) electrons. The van der Waals surface area contributed by atoms with Crippen molar-refractivity contribution in [2.75, 3.05) is 26.8 Å². The maximum absolute atomic E-state index is 9.74. The summed E-state index contributed by atoms with van der Waals surface area (Å²) in [7, 11) is 1.82. The van der Waals surface area contributed by atoms with Gasteiger partial charge in [-0.3, -0.25) is 0 Å². The summed E-state index contributed by atoms with van der Waals surface area (Å²) in [6.45, 7) is 5.45. The Labute approximate surface area is 211 Å². The summed E-state index contributed by atoms with van der Waals surface area (Å²) in [4.78, 5) is 12.4. The van der Waals surface area contributed by atoms with Crippen LogP contribution in [0.2, 0.25) is 0 Å². The van der Waals surface area contributed by atoms with Gasteiger partial charge in [-0.1, -0.05) is 12.1 Å². The topological polar surface area (TPSA) is 69.2 Å². The lowest BCUT2D eigenvalue weighted by Crippen LogP contribution is -2.60. The Morgan fingerprint density at radius 2 is 1.57 bits per heavy atom. The molecule has 35 heavy (non-hydrogen) atoms. The van der Waals surface area contributed by atoms with Crippen LogP contribution in [0.1, 0.15) is 83.1 Å². The molecule has 4 bridgehead atoms. The van der Waals surface area contributed by atoms with Crippen LogP contribution in [0.25, 0.3) is 0 Å². The maximum Gasteiger partial charge on any atom is 0.207 e. The number of aliphatic hydroxyl groups is 1. The van der Waals surface area contributed by atoms with E-state index in [2.05, 4.69) is 29.6 Å². The Morgan fingerprint density at radius 1 is 0.943 bits per heavy atom. The smallest absolute Gasteiger partial charge is 0.207 e. The Balaban J connectivity index is 1.05. The van der Waals surface area contributed by atoms with Crippen LogP contribution in [0.15, 0.2) is 24.3 Å². The highest BCUT2D eigenvalue weighted by molar-refractivity contribution is 5.29. The van der Waals surface area contributed by atoms with Crippen molar-refractivity contribution in [2.45, 2.75) is 95.0 Å². The summed E-state index contributed by atoms with van der Waals surface area (Å²) >= 11 is 0. The molecule has 0 saturated heterocycles. The van der Waals surface area contributed by atoms with Gasteiger partial charge < -0.3 is 19.9 Å². The van der Waals surface area contributed by atoms with Gasteiger partial charge in [-0.25, -0.2) is 9.78 Å². The molecule has 196 valence electrons. The zero-order valence-electron chi connectivity index (χ0n) is 21.8. The van der Waals surface area contributed by atoms with E-state index in [0.717, 1.165) is 43.3 Å². The van der Waals surface area contributed by atoms with E-state index in [-0.39, 0.29) is 6.10 Å². The van der Waals surface area contributed by atoms with Gasteiger partial charge in [0.25, 0.3) is 0 Å². The summed E-state index contributed by atoms with van der Waals surface area (Å²) in [5, 5.41) is 12.9. The fourth-order valence-corrected chi connectivity index (χ4v) is 7.45. The quantitative estimate of drug-likeness (QED) is 0.194. The molecule has 0 unspecified atom stereocenters. The lowest BCUT2D eigenvalue weighted by Gasteiger charge is -2.58. The van der Waals surface area contributed by atoms with Gasteiger partial charge in [-0.05, 0) is 107 Å². The second kappa shape index (κ2) is 10.7.